The van der Waals surface area contributed by atoms with Gasteiger partial charge in [0.05, 0.1) is 12.6 Å². The maximum atomic E-state index is 12.2. The Labute approximate surface area is 120 Å². The maximum absolute atomic E-state index is 12.2. The smallest absolute Gasteiger partial charge is 0.252 e. The van der Waals surface area contributed by atoms with Crippen LogP contribution in [0, 0.1) is 0 Å². The van der Waals surface area contributed by atoms with Gasteiger partial charge in [0.1, 0.15) is 6.10 Å². The van der Waals surface area contributed by atoms with Crippen LogP contribution >= 0.6 is 12.4 Å². The molecule has 1 aliphatic rings. The summed E-state index contributed by atoms with van der Waals surface area (Å²) in [7, 11) is 0. The van der Waals surface area contributed by atoms with E-state index in [-0.39, 0.29) is 36.9 Å². The van der Waals surface area contributed by atoms with Gasteiger partial charge in [-0.2, -0.15) is 0 Å². The molecule has 2 amide bonds. The number of amides is 2. The molecule has 0 unspecified atom stereocenters. The van der Waals surface area contributed by atoms with E-state index in [9.17, 15) is 9.59 Å². The van der Waals surface area contributed by atoms with Crippen LogP contribution in [0.3, 0.4) is 0 Å². The molecular weight excluding hydrogens is 270 g/mol. The summed E-state index contributed by atoms with van der Waals surface area (Å²) in [5, 5.41) is 2.68. The number of carbonyl (C=O) groups is 2. The Morgan fingerprint density at radius 3 is 2.53 bits per heavy atom. The van der Waals surface area contributed by atoms with Crippen molar-refractivity contribution >= 4 is 24.2 Å². The molecule has 1 heterocycles. The lowest BCUT2D eigenvalue weighted by Crippen LogP contribution is -2.45. The molecule has 0 bridgehead atoms. The summed E-state index contributed by atoms with van der Waals surface area (Å²) in [5.41, 5.74) is 5.51. The van der Waals surface area contributed by atoms with Gasteiger partial charge in [0.25, 0.3) is 5.91 Å². The second-order valence-electron chi connectivity index (χ2n) is 4.37. The van der Waals surface area contributed by atoms with Crippen molar-refractivity contribution in [2.45, 2.75) is 38.9 Å². The third-order valence-corrected chi connectivity index (χ3v) is 3.05. The topological polar surface area (TPSA) is 84.7 Å². The predicted octanol–water partition coefficient (Wildman–Crippen LogP) is -0.101. The largest absolute Gasteiger partial charge is 0.364 e. The van der Waals surface area contributed by atoms with E-state index in [1.165, 1.54) is 4.90 Å². The molecule has 6 nitrogen and oxygen atoms in total. The molecular formula is C12H24ClN3O3. The van der Waals surface area contributed by atoms with Gasteiger partial charge < -0.3 is 20.7 Å². The number of nitrogens with zero attached hydrogens (tertiary/aromatic N) is 1. The third-order valence-electron chi connectivity index (χ3n) is 3.05. The molecule has 3 N–H and O–H groups in total. The number of hydrogen-bond donors (Lipinski definition) is 2. The van der Waals surface area contributed by atoms with Crippen LogP contribution in [0.5, 0.6) is 0 Å². The number of rotatable bonds is 6. The molecule has 1 rings (SSSR count). The molecule has 0 aromatic carbocycles. The fourth-order valence-electron chi connectivity index (χ4n) is 2.04. The molecule has 2 atom stereocenters. The van der Waals surface area contributed by atoms with E-state index in [0.29, 0.717) is 26.1 Å². The van der Waals surface area contributed by atoms with Gasteiger partial charge in [0.15, 0.2) is 0 Å². The minimum atomic E-state index is -0.437. The van der Waals surface area contributed by atoms with Crippen LogP contribution in [0.1, 0.15) is 26.7 Å². The van der Waals surface area contributed by atoms with E-state index in [4.69, 9.17) is 10.5 Å². The molecule has 0 aromatic rings. The molecule has 19 heavy (non-hydrogen) atoms. The maximum Gasteiger partial charge on any atom is 0.252 e. The normalized spacial score (nSPS) is 21.6. The molecule has 0 aliphatic carbocycles. The third kappa shape index (κ3) is 5.34. The number of nitrogens with one attached hydrogen (secondary N) is 1. The van der Waals surface area contributed by atoms with Crippen LogP contribution < -0.4 is 11.1 Å². The van der Waals surface area contributed by atoms with Crippen LogP contribution in [0.2, 0.25) is 0 Å². The highest BCUT2D eigenvalue weighted by Gasteiger charge is 2.32. The van der Waals surface area contributed by atoms with Gasteiger partial charge in [-0.15, -0.1) is 12.4 Å². The number of halogens is 1. The Hall–Kier alpha value is -0.850. The summed E-state index contributed by atoms with van der Waals surface area (Å²) < 4.78 is 5.55. The molecule has 1 saturated heterocycles. The Kier molecular flexibility index (Phi) is 8.71. The van der Waals surface area contributed by atoms with E-state index < -0.39 is 6.10 Å². The van der Waals surface area contributed by atoms with Crippen molar-refractivity contribution in [3.63, 3.8) is 0 Å². The van der Waals surface area contributed by atoms with Crippen molar-refractivity contribution in [2.24, 2.45) is 5.73 Å². The van der Waals surface area contributed by atoms with E-state index in [2.05, 4.69) is 5.32 Å². The summed E-state index contributed by atoms with van der Waals surface area (Å²) in [6, 6.07) is 0. The van der Waals surface area contributed by atoms with Crippen LogP contribution in [0.4, 0.5) is 0 Å². The highest BCUT2D eigenvalue weighted by molar-refractivity contribution is 5.87. The predicted molar refractivity (Wildman–Crippen MR) is 75.1 cm³/mol. The van der Waals surface area contributed by atoms with Gasteiger partial charge in [-0.25, -0.2) is 0 Å². The van der Waals surface area contributed by atoms with Crippen molar-refractivity contribution in [2.75, 3.05) is 26.2 Å². The minimum Gasteiger partial charge on any atom is -0.364 e. The van der Waals surface area contributed by atoms with E-state index in [0.717, 1.165) is 6.42 Å². The van der Waals surface area contributed by atoms with Crippen LogP contribution in [0.15, 0.2) is 0 Å². The summed E-state index contributed by atoms with van der Waals surface area (Å²) >= 11 is 0. The Bertz CT molecular complexity index is 302. The number of nitrogens with two attached hydrogens (primary N) is 1. The molecule has 1 aliphatic heterocycles. The summed E-state index contributed by atoms with van der Waals surface area (Å²) in [5.74, 6) is -0.249. The summed E-state index contributed by atoms with van der Waals surface area (Å²) in [6.07, 6.45) is 1.04. The summed E-state index contributed by atoms with van der Waals surface area (Å²) in [4.78, 5) is 25.2. The Morgan fingerprint density at radius 2 is 2.05 bits per heavy atom. The monoisotopic (exact) mass is 293 g/mol. The number of carbonyl (C=O) groups excluding carboxylic acids is 2. The van der Waals surface area contributed by atoms with E-state index >= 15 is 0 Å². The zero-order chi connectivity index (χ0) is 13.5. The second-order valence-corrected chi connectivity index (χ2v) is 4.37. The highest BCUT2D eigenvalue weighted by Crippen LogP contribution is 2.20. The molecule has 0 aromatic heterocycles. The van der Waals surface area contributed by atoms with Gasteiger partial charge in [0.2, 0.25) is 5.91 Å². The van der Waals surface area contributed by atoms with Crippen molar-refractivity contribution in [1.29, 1.82) is 0 Å². The molecule has 0 radical (unpaired) electrons. The first kappa shape index (κ1) is 18.1. The van der Waals surface area contributed by atoms with Crippen LogP contribution in [-0.4, -0.2) is 55.1 Å². The van der Waals surface area contributed by atoms with Gasteiger partial charge in [-0.05, 0) is 26.7 Å². The lowest BCUT2D eigenvalue weighted by Gasteiger charge is -2.23. The molecule has 0 spiro atoms. The van der Waals surface area contributed by atoms with Gasteiger partial charge in [-0.3, -0.25) is 9.59 Å². The van der Waals surface area contributed by atoms with Crippen LogP contribution in [-0.2, 0) is 14.3 Å². The first-order valence-electron chi connectivity index (χ1n) is 6.53. The molecule has 112 valence electrons. The molecule has 1 fully saturated rings. The van der Waals surface area contributed by atoms with Gasteiger partial charge in [-0.1, -0.05) is 0 Å². The standard InChI is InChI=1S/C12H23N3O3.ClH/c1-3-14-11(16)8-15(4-2)12(17)10-6-5-9(7-13)18-10;/h9-10H,3-8,13H2,1-2H3,(H,14,16);1H/t9-,10+;/m1./s1. The highest BCUT2D eigenvalue weighted by atomic mass is 35.5. The van der Waals surface area contributed by atoms with E-state index in [1.807, 2.05) is 13.8 Å². The fourth-order valence-corrected chi connectivity index (χ4v) is 2.04. The van der Waals surface area contributed by atoms with Crippen molar-refractivity contribution in [3.05, 3.63) is 0 Å². The Balaban J connectivity index is 0.00000324. The Morgan fingerprint density at radius 1 is 1.37 bits per heavy atom. The van der Waals surface area contributed by atoms with Gasteiger partial charge in [0, 0.05) is 19.6 Å². The van der Waals surface area contributed by atoms with E-state index in [1.54, 1.807) is 0 Å². The molecule has 0 saturated carbocycles. The first-order valence-corrected chi connectivity index (χ1v) is 6.53. The number of ether oxygens (including phenoxy) is 1. The van der Waals surface area contributed by atoms with Crippen molar-refractivity contribution in [3.8, 4) is 0 Å². The number of hydrogen-bond acceptors (Lipinski definition) is 4. The molecule has 7 heteroatoms. The lowest BCUT2D eigenvalue weighted by atomic mass is 10.2. The quantitative estimate of drug-likeness (QED) is 0.716. The average Bonchev–Trinajstić information content (AvgIpc) is 2.84. The minimum absolute atomic E-state index is 0. The van der Waals surface area contributed by atoms with Gasteiger partial charge >= 0.3 is 0 Å². The van der Waals surface area contributed by atoms with Crippen molar-refractivity contribution < 1.29 is 14.3 Å². The zero-order valence-corrected chi connectivity index (χ0v) is 12.4. The van der Waals surface area contributed by atoms with Crippen molar-refractivity contribution in [1.82, 2.24) is 10.2 Å². The average molecular weight is 294 g/mol. The van der Waals surface area contributed by atoms with Crippen LogP contribution in [0.25, 0.3) is 0 Å². The fraction of sp³-hybridized carbons (Fsp3) is 0.833. The zero-order valence-electron chi connectivity index (χ0n) is 11.6. The second kappa shape index (κ2) is 9.12. The number of likely N-dealkylation sites (N-methyl/N-ethyl adjacent to an activating group) is 2. The lowest BCUT2D eigenvalue weighted by molar-refractivity contribution is -0.145. The summed E-state index contributed by atoms with van der Waals surface area (Å²) in [6.45, 7) is 5.31. The first-order chi connectivity index (χ1) is 8.62. The SMILES string of the molecule is CCNC(=O)CN(CC)C(=O)[C@@H]1CC[C@H](CN)O1.Cl.